The zero-order valence-corrected chi connectivity index (χ0v) is 13.8. The summed E-state index contributed by atoms with van der Waals surface area (Å²) in [5.74, 6) is -0.686. The molecule has 122 valence electrons. The van der Waals surface area contributed by atoms with Crippen LogP contribution in [0.4, 0.5) is 9.52 Å². The van der Waals surface area contributed by atoms with Crippen LogP contribution in [0.25, 0.3) is 21.3 Å². The van der Waals surface area contributed by atoms with Gasteiger partial charge in [0, 0.05) is 18.0 Å². The zero-order chi connectivity index (χ0) is 17.2. The topological polar surface area (TPSA) is 54.9 Å². The summed E-state index contributed by atoms with van der Waals surface area (Å²) in [6.07, 6.45) is 3.50. The number of carbonyl (C=O) groups is 1. The van der Waals surface area contributed by atoms with Crippen LogP contribution in [-0.2, 0) is 0 Å². The number of nitrogens with one attached hydrogen (secondary N) is 1. The molecule has 0 spiro atoms. The number of anilines is 1. The molecule has 4 nitrogen and oxygen atoms in total. The van der Waals surface area contributed by atoms with Gasteiger partial charge in [-0.25, -0.2) is 9.37 Å². The van der Waals surface area contributed by atoms with Crippen molar-refractivity contribution < 1.29 is 9.18 Å². The Bertz CT molecular complexity index is 1050. The summed E-state index contributed by atoms with van der Waals surface area (Å²) >= 11 is 1.40. The first-order chi connectivity index (χ1) is 12.2. The van der Waals surface area contributed by atoms with E-state index in [4.69, 9.17) is 0 Å². The van der Waals surface area contributed by atoms with E-state index in [0.29, 0.717) is 10.7 Å². The first-order valence-electron chi connectivity index (χ1n) is 7.57. The van der Waals surface area contributed by atoms with Crippen LogP contribution in [0.5, 0.6) is 0 Å². The van der Waals surface area contributed by atoms with E-state index >= 15 is 0 Å². The molecule has 0 fully saturated rings. The van der Waals surface area contributed by atoms with Crippen molar-refractivity contribution in [1.82, 2.24) is 9.97 Å². The second-order valence-corrected chi connectivity index (χ2v) is 6.43. The molecule has 0 saturated carbocycles. The molecule has 2 aromatic carbocycles. The average molecular weight is 349 g/mol. The van der Waals surface area contributed by atoms with Crippen molar-refractivity contribution in [3.63, 3.8) is 0 Å². The maximum Gasteiger partial charge on any atom is 0.257 e. The molecule has 4 rings (SSSR count). The number of hydrogen-bond donors (Lipinski definition) is 1. The number of rotatable bonds is 3. The summed E-state index contributed by atoms with van der Waals surface area (Å²) in [4.78, 5) is 20.7. The first-order valence-corrected chi connectivity index (χ1v) is 8.38. The predicted molar refractivity (Wildman–Crippen MR) is 97.2 cm³/mol. The van der Waals surface area contributed by atoms with Crippen LogP contribution >= 0.6 is 11.3 Å². The second kappa shape index (κ2) is 6.41. The lowest BCUT2D eigenvalue weighted by Gasteiger charge is -2.00. The number of halogens is 1. The molecule has 0 saturated heterocycles. The summed E-state index contributed by atoms with van der Waals surface area (Å²) in [6, 6.07) is 15.2. The fourth-order valence-corrected chi connectivity index (χ4v) is 3.37. The van der Waals surface area contributed by atoms with E-state index in [2.05, 4.69) is 15.3 Å². The Morgan fingerprint density at radius 3 is 2.48 bits per heavy atom. The van der Waals surface area contributed by atoms with E-state index < -0.39 is 0 Å². The van der Waals surface area contributed by atoms with Gasteiger partial charge in [-0.1, -0.05) is 17.4 Å². The number of hydrogen-bond acceptors (Lipinski definition) is 4. The van der Waals surface area contributed by atoms with Gasteiger partial charge in [0.25, 0.3) is 5.91 Å². The summed E-state index contributed by atoms with van der Waals surface area (Å²) < 4.78 is 13.9. The van der Waals surface area contributed by atoms with Gasteiger partial charge in [-0.05, 0) is 59.7 Å². The number of aromatic nitrogens is 2. The molecule has 0 aliphatic rings. The molecule has 0 atom stereocenters. The largest absolute Gasteiger partial charge is 0.298 e. The Morgan fingerprint density at radius 2 is 1.72 bits per heavy atom. The quantitative estimate of drug-likeness (QED) is 0.581. The fraction of sp³-hybridized carbons (Fsp3) is 0. The van der Waals surface area contributed by atoms with Crippen LogP contribution in [0.3, 0.4) is 0 Å². The van der Waals surface area contributed by atoms with Gasteiger partial charge >= 0.3 is 0 Å². The monoisotopic (exact) mass is 349 g/mol. The molecule has 1 N–H and O–H groups in total. The second-order valence-electron chi connectivity index (χ2n) is 5.40. The lowest BCUT2D eigenvalue weighted by molar-refractivity contribution is 0.102. The summed E-state index contributed by atoms with van der Waals surface area (Å²) in [5, 5.41) is 3.27. The Kier molecular flexibility index (Phi) is 3.95. The molecule has 2 aromatic heterocycles. The van der Waals surface area contributed by atoms with Crippen molar-refractivity contribution in [2.45, 2.75) is 0 Å². The van der Waals surface area contributed by atoms with Crippen LogP contribution in [0, 0.1) is 5.82 Å². The summed E-state index contributed by atoms with van der Waals surface area (Å²) in [7, 11) is 0. The number of nitrogens with zero attached hydrogens (tertiary/aromatic N) is 2. The standard InChI is InChI=1S/C19H12FN3OS/c20-15-4-1-13(2-5-15)18(24)23-19-22-16-6-3-14(11-17(16)25-19)12-7-9-21-10-8-12/h1-11H,(H,22,23,24). The van der Waals surface area contributed by atoms with Crippen LogP contribution < -0.4 is 5.32 Å². The third-order valence-corrected chi connectivity index (χ3v) is 4.66. The average Bonchev–Trinajstić information content (AvgIpc) is 3.04. The van der Waals surface area contributed by atoms with E-state index in [1.807, 2.05) is 30.3 Å². The van der Waals surface area contributed by atoms with E-state index in [1.54, 1.807) is 12.4 Å². The fourth-order valence-electron chi connectivity index (χ4n) is 2.47. The van der Waals surface area contributed by atoms with Gasteiger partial charge in [-0.3, -0.25) is 15.1 Å². The van der Waals surface area contributed by atoms with Crippen LogP contribution in [-0.4, -0.2) is 15.9 Å². The normalized spacial score (nSPS) is 10.8. The van der Waals surface area contributed by atoms with Crippen molar-refractivity contribution in [1.29, 1.82) is 0 Å². The molecular weight excluding hydrogens is 337 g/mol. The highest BCUT2D eigenvalue weighted by atomic mass is 32.1. The molecule has 25 heavy (non-hydrogen) atoms. The predicted octanol–water partition coefficient (Wildman–Crippen LogP) is 4.75. The molecule has 2 heterocycles. The lowest BCUT2D eigenvalue weighted by atomic mass is 10.1. The number of fused-ring (bicyclic) bond motifs is 1. The molecule has 0 aliphatic carbocycles. The highest BCUT2D eigenvalue weighted by Crippen LogP contribution is 2.30. The molecule has 4 aromatic rings. The Balaban J connectivity index is 1.61. The minimum atomic E-state index is -0.375. The Morgan fingerprint density at radius 1 is 0.960 bits per heavy atom. The van der Waals surface area contributed by atoms with Gasteiger partial charge < -0.3 is 0 Å². The zero-order valence-electron chi connectivity index (χ0n) is 12.9. The van der Waals surface area contributed by atoms with Gasteiger partial charge in [-0.15, -0.1) is 0 Å². The Labute approximate surface area is 147 Å². The SMILES string of the molecule is O=C(Nc1nc2ccc(-c3ccncc3)cc2s1)c1ccc(F)cc1. The van der Waals surface area contributed by atoms with E-state index in [1.165, 1.54) is 35.6 Å². The maximum absolute atomic E-state index is 12.9. The van der Waals surface area contributed by atoms with Crippen molar-refractivity contribution >= 4 is 32.6 Å². The summed E-state index contributed by atoms with van der Waals surface area (Å²) in [6.45, 7) is 0. The van der Waals surface area contributed by atoms with Gasteiger partial charge in [0.1, 0.15) is 5.82 Å². The van der Waals surface area contributed by atoms with Crippen molar-refractivity contribution in [2.24, 2.45) is 0 Å². The van der Waals surface area contributed by atoms with E-state index in [0.717, 1.165) is 21.3 Å². The van der Waals surface area contributed by atoms with Gasteiger partial charge in [0.2, 0.25) is 0 Å². The number of amides is 1. The van der Waals surface area contributed by atoms with Gasteiger partial charge in [0.05, 0.1) is 10.2 Å². The molecule has 0 unspecified atom stereocenters. The number of benzene rings is 2. The third-order valence-electron chi connectivity index (χ3n) is 3.73. The van der Waals surface area contributed by atoms with Crippen molar-refractivity contribution in [3.05, 3.63) is 78.4 Å². The molecular formula is C19H12FN3OS. The smallest absolute Gasteiger partial charge is 0.257 e. The molecule has 6 heteroatoms. The molecule has 0 radical (unpaired) electrons. The maximum atomic E-state index is 12.9. The van der Waals surface area contributed by atoms with Crippen LogP contribution in [0.1, 0.15) is 10.4 Å². The van der Waals surface area contributed by atoms with Crippen LogP contribution in [0.15, 0.2) is 67.0 Å². The molecule has 0 aliphatic heterocycles. The minimum absolute atomic E-state index is 0.312. The van der Waals surface area contributed by atoms with Crippen LogP contribution in [0.2, 0.25) is 0 Å². The molecule has 0 bridgehead atoms. The van der Waals surface area contributed by atoms with Gasteiger partial charge in [0.15, 0.2) is 5.13 Å². The highest BCUT2D eigenvalue weighted by Gasteiger charge is 2.11. The molecule has 1 amide bonds. The third kappa shape index (κ3) is 3.25. The number of thiazole rings is 1. The number of pyridine rings is 1. The lowest BCUT2D eigenvalue weighted by Crippen LogP contribution is -2.11. The van der Waals surface area contributed by atoms with E-state index in [9.17, 15) is 9.18 Å². The van der Waals surface area contributed by atoms with Crippen molar-refractivity contribution in [2.75, 3.05) is 5.32 Å². The Hall–Kier alpha value is -3.12. The van der Waals surface area contributed by atoms with Crippen molar-refractivity contribution in [3.8, 4) is 11.1 Å². The van der Waals surface area contributed by atoms with E-state index in [-0.39, 0.29) is 11.7 Å². The number of carbonyl (C=O) groups excluding carboxylic acids is 1. The minimum Gasteiger partial charge on any atom is -0.298 e. The highest BCUT2D eigenvalue weighted by molar-refractivity contribution is 7.22. The first kappa shape index (κ1) is 15.4. The summed E-state index contributed by atoms with van der Waals surface area (Å²) in [5.41, 5.74) is 3.34. The van der Waals surface area contributed by atoms with Gasteiger partial charge in [-0.2, -0.15) is 0 Å².